The van der Waals surface area contributed by atoms with E-state index in [1.54, 1.807) is 34.8 Å². The number of nitrogens with zero attached hydrogens (tertiary/aromatic N) is 3. The van der Waals surface area contributed by atoms with Gasteiger partial charge in [-0.05, 0) is 51.2 Å². The Hall–Kier alpha value is -3.01. The molecule has 1 aliphatic rings. The normalized spacial score (nSPS) is 15.2. The number of hydrogen-bond acceptors (Lipinski definition) is 6. The molecule has 3 heterocycles. The molecule has 1 saturated heterocycles. The number of rotatable bonds is 6. The van der Waals surface area contributed by atoms with E-state index < -0.39 is 5.91 Å². The number of hydrogen-bond donors (Lipinski definition) is 3. The van der Waals surface area contributed by atoms with Crippen LogP contribution in [0.15, 0.2) is 48.0 Å². The zero-order valence-corrected chi connectivity index (χ0v) is 17.5. The Bertz CT molecular complexity index is 1020. The lowest BCUT2D eigenvalue weighted by Gasteiger charge is -2.34. The van der Waals surface area contributed by atoms with Gasteiger partial charge in [0.15, 0.2) is 0 Å². The maximum Gasteiger partial charge on any atom is 0.272 e. The minimum absolute atomic E-state index is 0.163. The summed E-state index contributed by atoms with van der Waals surface area (Å²) in [7, 11) is 2.10. The van der Waals surface area contributed by atoms with Crippen LogP contribution < -0.4 is 16.2 Å². The van der Waals surface area contributed by atoms with Crippen LogP contribution in [0.25, 0.3) is 10.6 Å². The van der Waals surface area contributed by atoms with Crippen LogP contribution in [0, 0.1) is 0 Å². The van der Waals surface area contributed by atoms with E-state index in [-0.39, 0.29) is 11.9 Å². The predicted molar refractivity (Wildman–Crippen MR) is 117 cm³/mol. The predicted octanol–water partition coefficient (Wildman–Crippen LogP) is 2.48. The van der Waals surface area contributed by atoms with E-state index in [2.05, 4.69) is 27.6 Å². The molecule has 0 spiro atoms. The fourth-order valence-electron chi connectivity index (χ4n) is 3.49. The largest absolute Gasteiger partial charge is 0.366 e. The van der Waals surface area contributed by atoms with Gasteiger partial charge in [0.05, 0.1) is 10.4 Å². The fraction of sp³-hybridized carbons (Fsp3) is 0.286. The number of aromatic amines is 1. The van der Waals surface area contributed by atoms with E-state index in [0.717, 1.165) is 30.8 Å². The lowest BCUT2D eigenvalue weighted by atomic mass is 10.1. The number of benzene rings is 1. The van der Waals surface area contributed by atoms with E-state index >= 15 is 0 Å². The number of thiophene rings is 1. The molecule has 1 aromatic carbocycles. The zero-order valence-electron chi connectivity index (χ0n) is 16.7. The van der Waals surface area contributed by atoms with Gasteiger partial charge >= 0.3 is 0 Å². The van der Waals surface area contributed by atoms with Crippen molar-refractivity contribution in [2.24, 2.45) is 5.73 Å². The van der Waals surface area contributed by atoms with Crippen LogP contribution in [0.3, 0.4) is 0 Å². The molecular weight excluding hydrogens is 400 g/mol. The van der Waals surface area contributed by atoms with Gasteiger partial charge in [-0.2, -0.15) is 5.10 Å². The van der Waals surface area contributed by atoms with Crippen molar-refractivity contribution in [2.45, 2.75) is 18.9 Å². The second-order valence-electron chi connectivity index (χ2n) is 7.40. The summed E-state index contributed by atoms with van der Waals surface area (Å²) in [5, 5.41) is 10.5. The highest BCUT2D eigenvalue weighted by atomic mass is 32.1. The molecule has 0 unspecified atom stereocenters. The van der Waals surface area contributed by atoms with Crippen molar-refractivity contribution in [3.63, 3.8) is 0 Å². The molecule has 0 radical (unpaired) electrons. The second-order valence-corrected chi connectivity index (χ2v) is 8.31. The number of nitrogens with one attached hydrogen (secondary N) is 2. The molecule has 2 aromatic heterocycles. The number of carbonyl (C=O) groups is 2. The van der Waals surface area contributed by atoms with Crippen LogP contribution in [0.5, 0.6) is 0 Å². The molecular formula is C21H24N6O2S. The van der Waals surface area contributed by atoms with Gasteiger partial charge in [-0.3, -0.25) is 14.7 Å². The van der Waals surface area contributed by atoms with Crippen molar-refractivity contribution < 1.29 is 9.59 Å². The lowest BCUT2D eigenvalue weighted by molar-refractivity contribution is 0.0960. The number of H-pyrrole nitrogens is 1. The Balaban J connectivity index is 1.68. The zero-order chi connectivity index (χ0) is 21.1. The summed E-state index contributed by atoms with van der Waals surface area (Å²) >= 11 is 1.37. The van der Waals surface area contributed by atoms with E-state index in [1.165, 1.54) is 11.3 Å². The van der Waals surface area contributed by atoms with Gasteiger partial charge in [0.25, 0.3) is 5.91 Å². The molecule has 1 fully saturated rings. The minimum Gasteiger partial charge on any atom is -0.366 e. The molecule has 8 nitrogen and oxygen atoms in total. The van der Waals surface area contributed by atoms with Gasteiger partial charge in [0.1, 0.15) is 11.4 Å². The number of likely N-dealkylation sites (tertiary alicyclic amines) is 1. The monoisotopic (exact) mass is 424 g/mol. The molecule has 0 aliphatic carbocycles. The third kappa shape index (κ3) is 4.28. The standard InChI is InChI=1S/C21H24N6O2S/c1-26-9-7-16(8-10-26)25-27(21(29)14-5-3-2-4-6-14)17-12-23-24-19(17)18-11-15(13-30-18)20(22)28/h2-6,11-13,16,25H,7-10H2,1H3,(H2,22,28)(H,23,24). The van der Waals surface area contributed by atoms with Gasteiger partial charge in [0, 0.05) is 23.2 Å². The summed E-state index contributed by atoms with van der Waals surface area (Å²) in [6.45, 7) is 1.94. The quantitative estimate of drug-likeness (QED) is 0.527. The van der Waals surface area contributed by atoms with Crippen LogP contribution in [-0.2, 0) is 0 Å². The molecule has 30 heavy (non-hydrogen) atoms. The maximum absolute atomic E-state index is 13.4. The van der Waals surface area contributed by atoms with Crippen molar-refractivity contribution in [2.75, 3.05) is 25.1 Å². The summed E-state index contributed by atoms with van der Waals surface area (Å²) in [6, 6.07) is 11.0. The van der Waals surface area contributed by atoms with Gasteiger partial charge in [-0.15, -0.1) is 11.3 Å². The molecule has 156 valence electrons. The summed E-state index contributed by atoms with van der Waals surface area (Å²) in [5.41, 5.74) is 11.0. The van der Waals surface area contributed by atoms with E-state index in [1.807, 2.05) is 18.2 Å². The first-order valence-electron chi connectivity index (χ1n) is 9.79. The molecule has 4 N–H and O–H groups in total. The van der Waals surface area contributed by atoms with Crippen molar-refractivity contribution in [1.82, 2.24) is 20.5 Å². The van der Waals surface area contributed by atoms with Crippen LogP contribution in [0.2, 0.25) is 0 Å². The van der Waals surface area contributed by atoms with E-state index in [4.69, 9.17) is 5.73 Å². The molecule has 9 heteroatoms. The van der Waals surface area contributed by atoms with Gasteiger partial charge in [-0.1, -0.05) is 18.2 Å². The van der Waals surface area contributed by atoms with Crippen molar-refractivity contribution in [1.29, 1.82) is 0 Å². The highest BCUT2D eigenvalue weighted by Crippen LogP contribution is 2.33. The number of primary amides is 1. The first kappa shape index (κ1) is 20.3. The molecule has 0 saturated carbocycles. The first-order chi connectivity index (χ1) is 14.5. The molecule has 3 aromatic rings. The average molecular weight is 425 g/mol. The van der Waals surface area contributed by atoms with Crippen molar-refractivity contribution in [3.8, 4) is 10.6 Å². The number of carbonyl (C=O) groups excluding carboxylic acids is 2. The molecule has 4 rings (SSSR count). The first-order valence-corrected chi connectivity index (χ1v) is 10.7. The lowest BCUT2D eigenvalue weighted by Crippen LogP contribution is -2.52. The van der Waals surface area contributed by atoms with Crippen LogP contribution >= 0.6 is 11.3 Å². The number of anilines is 1. The number of piperidine rings is 1. The summed E-state index contributed by atoms with van der Waals surface area (Å²) in [5.74, 6) is -0.653. The molecule has 1 aliphatic heterocycles. The van der Waals surface area contributed by atoms with E-state index in [0.29, 0.717) is 22.5 Å². The highest BCUT2D eigenvalue weighted by molar-refractivity contribution is 7.13. The maximum atomic E-state index is 13.4. The number of amides is 2. The van der Waals surface area contributed by atoms with E-state index in [9.17, 15) is 9.59 Å². The SMILES string of the molecule is CN1CCC(NN(C(=O)c2ccccc2)c2c[nH]nc2-c2cc(C(N)=O)cs2)CC1. The van der Waals surface area contributed by atoms with Crippen molar-refractivity contribution in [3.05, 3.63) is 59.1 Å². The summed E-state index contributed by atoms with van der Waals surface area (Å²) in [4.78, 5) is 28.0. The van der Waals surface area contributed by atoms with Crippen LogP contribution in [-0.4, -0.2) is 53.1 Å². The molecule has 2 amide bonds. The Morgan fingerprint density at radius 1 is 1.23 bits per heavy atom. The Morgan fingerprint density at radius 2 is 1.97 bits per heavy atom. The Kier molecular flexibility index (Phi) is 5.93. The van der Waals surface area contributed by atoms with Crippen LogP contribution in [0.4, 0.5) is 5.69 Å². The fourth-order valence-corrected chi connectivity index (χ4v) is 4.39. The third-order valence-corrected chi connectivity index (χ3v) is 6.17. The number of hydrazine groups is 1. The summed E-state index contributed by atoms with van der Waals surface area (Å²) < 4.78 is 0. The highest BCUT2D eigenvalue weighted by Gasteiger charge is 2.27. The average Bonchev–Trinajstić information content (AvgIpc) is 3.43. The number of aromatic nitrogens is 2. The Labute approximate surface area is 178 Å². The number of nitrogens with two attached hydrogens (primary N) is 1. The second kappa shape index (κ2) is 8.78. The van der Waals surface area contributed by atoms with Gasteiger partial charge in [-0.25, -0.2) is 10.4 Å². The summed E-state index contributed by atoms with van der Waals surface area (Å²) in [6.07, 6.45) is 3.57. The Morgan fingerprint density at radius 3 is 2.63 bits per heavy atom. The topological polar surface area (TPSA) is 107 Å². The van der Waals surface area contributed by atoms with Gasteiger partial charge < -0.3 is 10.6 Å². The van der Waals surface area contributed by atoms with Crippen molar-refractivity contribution >= 4 is 28.8 Å². The third-order valence-electron chi connectivity index (χ3n) is 5.23. The molecule has 0 atom stereocenters. The minimum atomic E-state index is -0.490. The smallest absolute Gasteiger partial charge is 0.272 e. The van der Waals surface area contributed by atoms with Crippen LogP contribution in [0.1, 0.15) is 33.6 Å². The van der Waals surface area contributed by atoms with Gasteiger partial charge in [0.2, 0.25) is 5.91 Å². The molecule has 0 bridgehead atoms.